The second kappa shape index (κ2) is 6.76. The molecular formula is C18H19NO5S. The molecule has 7 heteroatoms. The van der Waals surface area contributed by atoms with Crippen molar-refractivity contribution in [3.8, 4) is 11.5 Å². The van der Waals surface area contributed by atoms with E-state index in [1.54, 1.807) is 30.3 Å². The van der Waals surface area contributed by atoms with Crippen LogP contribution in [0.2, 0.25) is 0 Å². The molecule has 1 heterocycles. The standard InChI is InChI=1S/C18H19NO5S/c1-12(2)14-4-6-15(7-5-14)25(21,22)19-18(20)10-13-3-8-16-17(9-13)24-11-23-16/h3-9,12H,10-11H2,1-2H3,(H,19,20). The Labute approximate surface area is 146 Å². The van der Waals surface area contributed by atoms with E-state index in [0.29, 0.717) is 23.0 Å². The molecule has 6 nitrogen and oxygen atoms in total. The van der Waals surface area contributed by atoms with E-state index in [1.807, 2.05) is 13.8 Å². The summed E-state index contributed by atoms with van der Waals surface area (Å²) in [6.45, 7) is 4.19. The number of hydrogen-bond acceptors (Lipinski definition) is 5. The molecule has 0 aromatic heterocycles. The highest BCUT2D eigenvalue weighted by Crippen LogP contribution is 2.32. The lowest BCUT2D eigenvalue weighted by molar-refractivity contribution is -0.118. The van der Waals surface area contributed by atoms with E-state index in [1.165, 1.54) is 12.1 Å². The van der Waals surface area contributed by atoms with Gasteiger partial charge >= 0.3 is 0 Å². The lowest BCUT2D eigenvalue weighted by atomic mass is 10.0. The van der Waals surface area contributed by atoms with E-state index in [9.17, 15) is 13.2 Å². The molecule has 0 fully saturated rings. The second-order valence-electron chi connectivity index (χ2n) is 6.12. The van der Waals surface area contributed by atoms with E-state index in [2.05, 4.69) is 4.72 Å². The van der Waals surface area contributed by atoms with Crippen LogP contribution in [-0.4, -0.2) is 21.1 Å². The maximum atomic E-state index is 12.3. The fourth-order valence-electron chi connectivity index (χ4n) is 2.51. The van der Waals surface area contributed by atoms with Crippen molar-refractivity contribution in [2.24, 2.45) is 0 Å². The van der Waals surface area contributed by atoms with Gasteiger partial charge in [-0.05, 0) is 41.3 Å². The van der Waals surface area contributed by atoms with Crippen molar-refractivity contribution < 1.29 is 22.7 Å². The minimum Gasteiger partial charge on any atom is -0.454 e. The molecule has 3 rings (SSSR count). The monoisotopic (exact) mass is 361 g/mol. The van der Waals surface area contributed by atoms with Crippen LogP contribution >= 0.6 is 0 Å². The molecule has 2 aromatic carbocycles. The van der Waals surface area contributed by atoms with Crippen LogP contribution in [0.15, 0.2) is 47.4 Å². The summed E-state index contributed by atoms with van der Waals surface area (Å²) in [4.78, 5) is 12.2. The summed E-state index contributed by atoms with van der Waals surface area (Å²) in [7, 11) is -3.89. The van der Waals surface area contributed by atoms with Crippen molar-refractivity contribution in [1.29, 1.82) is 0 Å². The SMILES string of the molecule is CC(C)c1ccc(S(=O)(=O)NC(=O)Cc2ccc3c(c2)OCO3)cc1. The van der Waals surface area contributed by atoms with Crippen molar-refractivity contribution in [2.75, 3.05) is 6.79 Å². The molecule has 0 radical (unpaired) electrons. The lowest BCUT2D eigenvalue weighted by Crippen LogP contribution is -2.31. The summed E-state index contributed by atoms with van der Waals surface area (Å²) in [5.41, 5.74) is 1.68. The molecule has 0 spiro atoms. The smallest absolute Gasteiger partial charge is 0.264 e. The minimum atomic E-state index is -3.89. The third kappa shape index (κ3) is 3.93. The Hall–Kier alpha value is -2.54. The summed E-state index contributed by atoms with van der Waals surface area (Å²) < 4.78 is 37.2. The Balaban J connectivity index is 1.69. The Morgan fingerprint density at radius 1 is 1.08 bits per heavy atom. The summed E-state index contributed by atoms with van der Waals surface area (Å²) >= 11 is 0. The Bertz CT molecular complexity index is 888. The first-order valence-electron chi connectivity index (χ1n) is 7.89. The number of benzene rings is 2. The van der Waals surface area contributed by atoms with Gasteiger partial charge in [-0.15, -0.1) is 0 Å². The van der Waals surface area contributed by atoms with Crippen LogP contribution in [-0.2, 0) is 21.2 Å². The van der Waals surface area contributed by atoms with E-state index in [0.717, 1.165) is 5.56 Å². The van der Waals surface area contributed by atoms with Gasteiger partial charge in [0.1, 0.15) is 0 Å². The van der Waals surface area contributed by atoms with Gasteiger partial charge in [0.25, 0.3) is 10.0 Å². The second-order valence-corrected chi connectivity index (χ2v) is 7.80. The molecule has 0 atom stereocenters. The van der Waals surface area contributed by atoms with Gasteiger partial charge in [-0.2, -0.15) is 0 Å². The molecule has 0 unspecified atom stereocenters. The fraction of sp³-hybridized carbons (Fsp3) is 0.278. The largest absolute Gasteiger partial charge is 0.454 e. The number of ether oxygens (including phenoxy) is 2. The van der Waals surface area contributed by atoms with Crippen molar-refractivity contribution in [3.05, 3.63) is 53.6 Å². The van der Waals surface area contributed by atoms with E-state index in [-0.39, 0.29) is 18.1 Å². The Kier molecular flexibility index (Phi) is 4.67. The molecule has 0 saturated carbocycles. The lowest BCUT2D eigenvalue weighted by Gasteiger charge is -2.09. The molecule has 1 aliphatic heterocycles. The van der Waals surface area contributed by atoms with Gasteiger partial charge in [-0.25, -0.2) is 13.1 Å². The highest BCUT2D eigenvalue weighted by atomic mass is 32.2. The molecule has 1 N–H and O–H groups in total. The topological polar surface area (TPSA) is 81.7 Å². The molecule has 0 saturated heterocycles. The average Bonchev–Trinajstić information content (AvgIpc) is 3.02. The number of nitrogens with one attached hydrogen (secondary N) is 1. The van der Waals surface area contributed by atoms with Crippen molar-refractivity contribution >= 4 is 15.9 Å². The van der Waals surface area contributed by atoms with Crippen LogP contribution in [0.3, 0.4) is 0 Å². The van der Waals surface area contributed by atoms with Gasteiger partial charge in [0, 0.05) is 0 Å². The van der Waals surface area contributed by atoms with Gasteiger partial charge in [0.15, 0.2) is 11.5 Å². The molecule has 2 aromatic rings. The quantitative estimate of drug-likeness (QED) is 0.885. The van der Waals surface area contributed by atoms with Crippen molar-refractivity contribution in [2.45, 2.75) is 31.1 Å². The van der Waals surface area contributed by atoms with Crippen LogP contribution in [0.5, 0.6) is 11.5 Å². The number of sulfonamides is 1. The van der Waals surface area contributed by atoms with Crippen molar-refractivity contribution in [1.82, 2.24) is 4.72 Å². The third-order valence-corrected chi connectivity index (χ3v) is 5.30. The molecule has 0 bridgehead atoms. The summed E-state index contributed by atoms with van der Waals surface area (Å²) in [5.74, 6) is 0.864. The van der Waals surface area contributed by atoms with Gasteiger partial charge in [0.2, 0.25) is 12.7 Å². The maximum Gasteiger partial charge on any atom is 0.264 e. The predicted molar refractivity (Wildman–Crippen MR) is 92.1 cm³/mol. The zero-order valence-corrected chi connectivity index (χ0v) is 14.8. The van der Waals surface area contributed by atoms with Gasteiger partial charge in [-0.3, -0.25) is 4.79 Å². The third-order valence-electron chi connectivity index (χ3n) is 3.91. The Morgan fingerprint density at radius 3 is 2.44 bits per heavy atom. The molecule has 1 amide bonds. The highest BCUT2D eigenvalue weighted by Gasteiger charge is 2.19. The number of amides is 1. The fourth-order valence-corrected chi connectivity index (χ4v) is 3.50. The molecular weight excluding hydrogens is 342 g/mol. The van der Waals surface area contributed by atoms with E-state index < -0.39 is 15.9 Å². The number of rotatable bonds is 5. The molecule has 132 valence electrons. The van der Waals surface area contributed by atoms with Gasteiger partial charge in [-0.1, -0.05) is 32.0 Å². The summed E-state index contributed by atoms with van der Waals surface area (Å²) in [5, 5.41) is 0. The number of carbonyl (C=O) groups excluding carboxylic acids is 1. The first-order chi connectivity index (χ1) is 11.8. The van der Waals surface area contributed by atoms with Crippen LogP contribution in [0, 0.1) is 0 Å². The predicted octanol–water partition coefficient (Wildman–Crippen LogP) is 2.59. The average molecular weight is 361 g/mol. The van der Waals surface area contributed by atoms with Gasteiger partial charge in [0.05, 0.1) is 11.3 Å². The summed E-state index contributed by atoms with van der Waals surface area (Å²) in [6, 6.07) is 11.6. The van der Waals surface area contributed by atoms with Crippen LogP contribution in [0.25, 0.3) is 0 Å². The van der Waals surface area contributed by atoms with E-state index >= 15 is 0 Å². The number of hydrogen-bond donors (Lipinski definition) is 1. The van der Waals surface area contributed by atoms with Crippen LogP contribution in [0.1, 0.15) is 30.9 Å². The van der Waals surface area contributed by atoms with Crippen molar-refractivity contribution in [3.63, 3.8) is 0 Å². The first-order valence-corrected chi connectivity index (χ1v) is 9.37. The highest BCUT2D eigenvalue weighted by molar-refractivity contribution is 7.90. The molecule has 0 aliphatic carbocycles. The number of carbonyl (C=O) groups is 1. The van der Waals surface area contributed by atoms with E-state index in [4.69, 9.17) is 9.47 Å². The zero-order chi connectivity index (χ0) is 18.0. The zero-order valence-electron chi connectivity index (χ0n) is 14.0. The molecule has 1 aliphatic rings. The Morgan fingerprint density at radius 2 is 1.76 bits per heavy atom. The van der Waals surface area contributed by atoms with Crippen LogP contribution in [0.4, 0.5) is 0 Å². The maximum absolute atomic E-state index is 12.3. The number of fused-ring (bicyclic) bond motifs is 1. The summed E-state index contributed by atoms with van der Waals surface area (Å²) in [6.07, 6.45) is -0.0695. The first kappa shape index (κ1) is 17.3. The molecule has 25 heavy (non-hydrogen) atoms. The van der Waals surface area contributed by atoms with Crippen LogP contribution < -0.4 is 14.2 Å². The van der Waals surface area contributed by atoms with Gasteiger partial charge < -0.3 is 9.47 Å². The minimum absolute atomic E-state index is 0.0657. The normalized spacial score (nSPS) is 13.1.